The average Bonchev–Trinajstić information content (AvgIpc) is 3.47. The number of likely N-dealkylation sites (tertiary alicyclic amines) is 2. The van der Waals surface area contributed by atoms with E-state index in [0.29, 0.717) is 24.8 Å². The maximum atomic E-state index is 14.6. The van der Waals surface area contributed by atoms with Crippen molar-refractivity contribution in [3.8, 4) is 6.07 Å². The molecule has 0 aromatic heterocycles. The standard InChI is InChI=1S/C27H45F4N7OS/c1-35-15-36(2)26-21(11-20(40-26)12-27(29,30)31)25(35)34-18-5-7-37(8-6-18)14-16-3-4-22-17(9-16)10-19(13-32)38(22)23(28)24(33)39/h16-26,34,39H,3-12,14-15,33H2,1-2H3. The van der Waals surface area contributed by atoms with E-state index in [2.05, 4.69) is 33.1 Å². The van der Waals surface area contributed by atoms with Gasteiger partial charge in [-0.15, -0.1) is 11.8 Å². The molecule has 228 valence electrons. The van der Waals surface area contributed by atoms with Crippen molar-refractivity contribution in [1.82, 2.24) is 24.9 Å². The number of aliphatic hydroxyl groups is 1. The molecule has 5 aliphatic rings. The van der Waals surface area contributed by atoms with E-state index in [4.69, 9.17) is 5.73 Å². The summed E-state index contributed by atoms with van der Waals surface area (Å²) in [7, 11) is 4.08. The summed E-state index contributed by atoms with van der Waals surface area (Å²) in [5.74, 6) is 0.924. The van der Waals surface area contributed by atoms with E-state index < -0.39 is 31.2 Å². The quantitative estimate of drug-likeness (QED) is 0.235. The zero-order valence-electron chi connectivity index (χ0n) is 23.5. The van der Waals surface area contributed by atoms with Gasteiger partial charge in [0.2, 0.25) is 0 Å². The van der Waals surface area contributed by atoms with Gasteiger partial charge in [0.15, 0.2) is 6.30 Å². The fourth-order valence-corrected chi connectivity index (χ4v) is 10.1. The molecule has 0 radical (unpaired) electrons. The summed E-state index contributed by atoms with van der Waals surface area (Å²) in [6.07, 6.45) is -2.07. The molecule has 5 rings (SSSR count). The number of aliphatic hydroxyl groups excluding tert-OH is 1. The van der Waals surface area contributed by atoms with Crippen LogP contribution < -0.4 is 11.1 Å². The first-order chi connectivity index (χ1) is 18.9. The van der Waals surface area contributed by atoms with Crippen LogP contribution >= 0.6 is 11.8 Å². The Kier molecular flexibility index (Phi) is 9.59. The SMILES string of the molecule is CN1CN(C)C2SC(CC(F)(F)F)CC2C1NC1CCN(CC2CCC3C(C2)CC(C#N)N3C(F)C(N)O)CC1. The molecule has 1 saturated carbocycles. The average molecular weight is 592 g/mol. The van der Waals surface area contributed by atoms with Crippen molar-refractivity contribution >= 4 is 11.8 Å². The normalized spacial score (nSPS) is 40.5. The number of halogens is 4. The lowest BCUT2D eigenvalue weighted by atomic mass is 9.77. The summed E-state index contributed by atoms with van der Waals surface area (Å²) in [5.41, 5.74) is 5.41. The van der Waals surface area contributed by atoms with Crippen LogP contribution in [0.15, 0.2) is 0 Å². The molecule has 4 N–H and O–H groups in total. The highest BCUT2D eigenvalue weighted by Crippen LogP contribution is 2.48. The Morgan fingerprint density at radius 3 is 2.48 bits per heavy atom. The highest BCUT2D eigenvalue weighted by atomic mass is 32.2. The molecule has 0 aromatic carbocycles. The minimum Gasteiger partial charge on any atom is -0.374 e. The molecule has 0 spiro atoms. The number of fused-ring (bicyclic) bond motifs is 2. The molecule has 0 aromatic rings. The summed E-state index contributed by atoms with van der Waals surface area (Å²) in [6, 6.07) is 1.99. The van der Waals surface area contributed by atoms with E-state index >= 15 is 0 Å². The summed E-state index contributed by atoms with van der Waals surface area (Å²) in [5, 5.41) is 22.8. The van der Waals surface area contributed by atoms with Crippen molar-refractivity contribution in [2.75, 3.05) is 40.4 Å². The Labute approximate surface area is 239 Å². The van der Waals surface area contributed by atoms with Crippen LogP contribution in [0.4, 0.5) is 17.6 Å². The van der Waals surface area contributed by atoms with Crippen LogP contribution in [-0.2, 0) is 0 Å². The van der Waals surface area contributed by atoms with Crippen LogP contribution in [0.5, 0.6) is 0 Å². The Hall–Kier alpha value is -0.720. The molecule has 13 heteroatoms. The Balaban J connectivity index is 1.10. The van der Waals surface area contributed by atoms with E-state index in [1.807, 2.05) is 7.05 Å². The van der Waals surface area contributed by atoms with Gasteiger partial charge in [0.25, 0.3) is 0 Å². The van der Waals surface area contributed by atoms with E-state index in [0.717, 1.165) is 58.4 Å². The van der Waals surface area contributed by atoms with Crippen LogP contribution in [0.3, 0.4) is 0 Å². The van der Waals surface area contributed by atoms with Crippen LogP contribution in [0.2, 0.25) is 0 Å². The van der Waals surface area contributed by atoms with Gasteiger partial charge in [0, 0.05) is 29.8 Å². The minimum absolute atomic E-state index is 0.0381. The molecule has 0 amide bonds. The second kappa shape index (κ2) is 12.5. The third-order valence-corrected chi connectivity index (χ3v) is 11.7. The van der Waals surface area contributed by atoms with Gasteiger partial charge in [-0.25, -0.2) is 4.39 Å². The number of thioether (sulfide) groups is 1. The van der Waals surface area contributed by atoms with Gasteiger partial charge in [-0.1, -0.05) is 0 Å². The summed E-state index contributed by atoms with van der Waals surface area (Å²) < 4.78 is 54.0. The van der Waals surface area contributed by atoms with Gasteiger partial charge in [-0.05, 0) is 84.0 Å². The molecular weight excluding hydrogens is 546 g/mol. The number of hydrogen-bond donors (Lipinski definition) is 3. The first kappa shape index (κ1) is 30.7. The van der Waals surface area contributed by atoms with Crippen molar-refractivity contribution in [3.05, 3.63) is 0 Å². The van der Waals surface area contributed by atoms with Gasteiger partial charge >= 0.3 is 6.18 Å². The summed E-state index contributed by atoms with van der Waals surface area (Å²) in [4.78, 5) is 8.48. The largest absolute Gasteiger partial charge is 0.390 e. The molecule has 5 fully saturated rings. The van der Waals surface area contributed by atoms with Crippen molar-refractivity contribution in [1.29, 1.82) is 5.26 Å². The number of nitrogens with one attached hydrogen (secondary N) is 1. The van der Waals surface area contributed by atoms with E-state index in [-0.39, 0.29) is 34.7 Å². The van der Waals surface area contributed by atoms with Gasteiger partial charge in [-0.2, -0.15) is 18.4 Å². The molecule has 40 heavy (non-hydrogen) atoms. The second-order valence-corrected chi connectivity index (χ2v) is 14.3. The first-order valence-corrected chi connectivity index (χ1v) is 15.7. The zero-order chi connectivity index (χ0) is 28.8. The van der Waals surface area contributed by atoms with Gasteiger partial charge < -0.3 is 15.7 Å². The van der Waals surface area contributed by atoms with Crippen molar-refractivity contribution in [2.24, 2.45) is 23.5 Å². The fraction of sp³-hybridized carbons (Fsp3) is 0.963. The Morgan fingerprint density at radius 2 is 1.82 bits per heavy atom. The number of rotatable bonds is 7. The van der Waals surface area contributed by atoms with Crippen LogP contribution in [-0.4, -0.2) is 119 Å². The molecule has 4 heterocycles. The summed E-state index contributed by atoms with van der Waals surface area (Å²) >= 11 is 1.50. The van der Waals surface area contributed by atoms with E-state index in [1.54, 1.807) is 0 Å². The lowest BCUT2D eigenvalue weighted by Crippen LogP contribution is -2.63. The molecule has 0 bridgehead atoms. The van der Waals surface area contributed by atoms with Crippen LogP contribution in [0.25, 0.3) is 0 Å². The molecule has 10 atom stereocenters. The van der Waals surface area contributed by atoms with Gasteiger partial charge in [0.05, 0.1) is 30.7 Å². The highest BCUT2D eigenvalue weighted by Gasteiger charge is 2.50. The predicted molar refractivity (Wildman–Crippen MR) is 146 cm³/mol. The second-order valence-electron chi connectivity index (χ2n) is 12.9. The maximum Gasteiger partial charge on any atom is 0.390 e. The van der Waals surface area contributed by atoms with Crippen molar-refractivity contribution < 1.29 is 22.7 Å². The van der Waals surface area contributed by atoms with Gasteiger partial charge in [0.1, 0.15) is 12.3 Å². The molecular formula is C27H45F4N7OS. The predicted octanol–water partition coefficient (Wildman–Crippen LogP) is 2.56. The highest BCUT2D eigenvalue weighted by molar-refractivity contribution is 8.00. The number of piperidine rings is 1. The van der Waals surface area contributed by atoms with E-state index in [1.165, 1.54) is 16.7 Å². The lowest BCUT2D eigenvalue weighted by Gasteiger charge is -2.48. The summed E-state index contributed by atoms with van der Waals surface area (Å²) in [6.45, 7) is 3.71. The molecule has 8 nitrogen and oxygen atoms in total. The third kappa shape index (κ3) is 6.75. The van der Waals surface area contributed by atoms with E-state index in [9.17, 15) is 27.9 Å². The van der Waals surface area contributed by atoms with Crippen molar-refractivity contribution in [2.45, 2.75) is 105 Å². The van der Waals surface area contributed by atoms with Crippen LogP contribution in [0.1, 0.15) is 51.4 Å². The number of nitrogens with two attached hydrogens (primary N) is 1. The van der Waals surface area contributed by atoms with Crippen LogP contribution in [0, 0.1) is 29.1 Å². The molecule has 10 unspecified atom stereocenters. The molecule has 1 aliphatic carbocycles. The number of nitrogens with zero attached hydrogens (tertiary/aromatic N) is 5. The smallest absolute Gasteiger partial charge is 0.374 e. The van der Waals surface area contributed by atoms with Crippen molar-refractivity contribution in [3.63, 3.8) is 0 Å². The fourth-order valence-electron chi connectivity index (χ4n) is 8.31. The Bertz CT molecular complexity index is 901. The third-order valence-electron chi connectivity index (χ3n) is 10.00. The zero-order valence-corrected chi connectivity index (χ0v) is 24.3. The number of alkyl halides is 4. The maximum absolute atomic E-state index is 14.6. The topological polar surface area (TPSA) is 95.0 Å². The monoisotopic (exact) mass is 591 g/mol. The van der Waals surface area contributed by atoms with Gasteiger partial charge in [-0.3, -0.25) is 20.0 Å². The first-order valence-electron chi connectivity index (χ1n) is 14.8. The number of nitriles is 1. The Morgan fingerprint density at radius 1 is 1.10 bits per heavy atom. The molecule has 4 saturated heterocycles. The lowest BCUT2D eigenvalue weighted by molar-refractivity contribution is -0.134. The number of hydrogen-bond acceptors (Lipinski definition) is 9. The molecule has 4 aliphatic heterocycles. The minimum atomic E-state index is -4.12.